The topological polar surface area (TPSA) is 72.5 Å². The zero-order chi connectivity index (χ0) is 13.0. The first-order chi connectivity index (χ1) is 7.93. The van der Waals surface area contributed by atoms with Gasteiger partial charge < -0.3 is 15.6 Å². The van der Waals surface area contributed by atoms with Crippen LogP contribution in [0.1, 0.15) is 25.5 Å². The van der Waals surface area contributed by atoms with Crippen LogP contribution in [0.3, 0.4) is 0 Å². The molecule has 2 atom stereocenters. The van der Waals surface area contributed by atoms with E-state index in [2.05, 4.69) is 0 Å². The molecule has 4 nitrogen and oxygen atoms in total. The molecule has 0 aliphatic rings. The van der Waals surface area contributed by atoms with E-state index in [1.54, 1.807) is 24.3 Å². The standard InChI is InChI=1S/C12H16ClNO3/c1-7(2)11(17-12(14)16)10(15)8-5-3-4-6-9(8)13/h3-7,10-11,15H,1-2H3,(H2,14,16)/t10?,11-/m1/s1. The second kappa shape index (κ2) is 5.89. The Morgan fingerprint density at radius 1 is 1.41 bits per heavy atom. The predicted molar refractivity (Wildman–Crippen MR) is 65.7 cm³/mol. The molecule has 1 rings (SSSR count). The van der Waals surface area contributed by atoms with Crippen molar-refractivity contribution >= 4 is 17.7 Å². The number of ether oxygens (including phenoxy) is 1. The molecule has 17 heavy (non-hydrogen) atoms. The maximum absolute atomic E-state index is 10.8. The summed E-state index contributed by atoms with van der Waals surface area (Å²) in [6.45, 7) is 3.65. The fraction of sp³-hybridized carbons (Fsp3) is 0.417. The minimum atomic E-state index is -0.990. The number of nitrogens with two attached hydrogens (primary N) is 1. The number of aliphatic hydroxyl groups is 1. The van der Waals surface area contributed by atoms with Crippen molar-refractivity contribution in [3.05, 3.63) is 34.9 Å². The second-order valence-corrected chi connectivity index (χ2v) is 4.52. The Hall–Kier alpha value is -1.26. The Morgan fingerprint density at radius 3 is 2.47 bits per heavy atom. The molecule has 5 heteroatoms. The van der Waals surface area contributed by atoms with Crippen LogP contribution in [0.25, 0.3) is 0 Å². The van der Waals surface area contributed by atoms with E-state index in [0.717, 1.165) is 0 Å². The van der Waals surface area contributed by atoms with Crippen LogP contribution in [0.15, 0.2) is 24.3 Å². The summed E-state index contributed by atoms with van der Waals surface area (Å²) in [6.07, 6.45) is -2.61. The summed E-state index contributed by atoms with van der Waals surface area (Å²) in [5, 5.41) is 10.6. The molecule has 1 amide bonds. The first-order valence-electron chi connectivity index (χ1n) is 5.32. The maximum Gasteiger partial charge on any atom is 0.404 e. The lowest BCUT2D eigenvalue weighted by atomic mass is 9.96. The molecule has 0 aliphatic heterocycles. The van der Waals surface area contributed by atoms with Crippen LogP contribution in [-0.2, 0) is 4.74 Å². The molecule has 0 bridgehead atoms. The van der Waals surface area contributed by atoms with Gasteiger partial charge >= 0.3 is 6.09 Å². The van der Waals surface area contributed by atoms with E-state index in [-0.39, 0.29) is 5.92 Å². The van der Waals surface area contributed by atoms with Crippen LogP contribution in [0.2, 0.25) is 5.02 Å². The average molecular weight is 258 g/mol. The summed E-state index contributed by atoms with van der Waals surface area (Å²) >= 11 is 5.97. The molecule has 0 saturated heterocycles. The highest BCUT2D eigenvalue weighted by Crippen LogP contribution is 2.29. The fourth-order valence-corrected chi connectivity index (χ4v) is 1.84. The molecule has 0 fully saturated rings. The van der Waals surface area contributed by atoms with Gasteiger partial charge in [0.2, 0.25) is 0 Å². The summed E-state index contributed by atoms with van der Waals surface area (Å²) in [5.74, 6) is -0.0752. The van der Waals surface area contributed by atoms with Gasteiger partial charge in [0, 0.05) is 10.6 Å². The van der Waals surface area contributed by atoms with Crippen LogP contribution in [-0.4, -0.2) is 17.3 Å². The van der Waals surface area contributed by atoms with E-state index in [1.807, 2.05) is 13.8 Å². The van der Waals surface area contributed by atoms with Crippen LogP contribution < -0.4 is 5.73 Å². The number of primary amides is 1. The van der Waals surface area contributed by atoms with Gasteiger partial charge in [-0.25, -0.2) is 4.79 Å². The lowest BCUT2D eigenvalue weighted by Crippen LogP contribution is -2.32. The van der Waals surface area contributed by atoms with E-state index < -0.39 is 18.3 Å². The maximum atomic E-state index is 10.8. The number of carbonyl (C=O) groups is 1. The molecular formula is C12H16ClNO3. The Labute approximate surface area is 105 Å². The van der Waals surface area contributed by atoms with Crippen molar-refractivity contribution in [3.8, 4) is 0 Å². The van der Waals surface area contributed by atoms with Gasteiger partial charge in [-0.2, -0.15) is 0 Å². The molecule has 1 unspecified atom stereocenters. The van der Waals surface area contributed by atoms with Gasteiger partial charge in [0.1, 0.15) is 12.2 Å². The Kier molecular flexibility index (Phi) is 4.78. The van der Waals surface area contributed by atoms with Gasteiger partial charge in [-0.05, 0) is 12.0 Å². The summed E-state index contributed by atoms with van der Waals surface area (Å²) in [4.78, 5) is 10.8. The molecule has 0 radical (unpaired) electrons. The first kappa shape index (κ1) is 13.8. The first-order valence-corrected chi connectivity index (χ1v) is 5.70. The third kappa shape index (κ3) is 3.61. The SMILES string of the molecule is CC(C)[C@@H](OC(N)=O)C(O)c1ccccc1Cl. The molecule has 0 spiro atoms. The molecule has 1 aromatic carbocycles. The smallest absolute Gasteiger partial charge is 0.404 e. The quantitative estimate of drug-likeness (QED) is 0.870. The number of benzene rings is 1. The monoisotopic (exact) mass is 257 g/mol. The van der Waals surface area contributed by atoms with E-state index in [9.17, 15) is 9.90 Å². The second-order valence-electron chi connectivity index (χ2n) is 4.11. The summed E-state index contributed by atoms with van der Waals surface area (Å²) in [7, 11) is 0. The zero-order valence-electron chi connectivity index (χ0n) is 9.76. The number of rotatable bonds is 4. The lowest BCUT2D eigenvalue weighted by Gasteiger charge is -2.26. The van der Waals surface area contributed by atoms with Crippen LogP contribution in [0, 0.1) is 5.92 Å². The minimum absolute atomic E-state index is 0.0752. The summed E-state index contributed by atoms with van der Waals surface area (Å²) in [5.41, 5.74) is 5.50. The molecule has 3 N–H and O–H groups in total. The molecular weight excluding hydrogens is 242 g/mol. The number of hydrogen-bond donors (Lipinski definition) is 2. The number of aliphatic hydroxyl groups excluding tert-OH is 1. The van der Waals surface area contributed by atoms with Crippen molar-refractivity contribution in [1.29, 1.82) is 0 Å². The Balaban J connectivity index is 2.95. The van der Waals surface area contributed by atoms with Gasteiger partial charge in [-0.1, -0.05) is 43.6 Å². The molecule has 1 aromatic rings. The van der Waals surface area contributed by atoms with E-state index in [1.165, 1.54) is 0 Å². The minimum Gasteiger partial charge on any atom is -0.443 e. The van der Waals surface area contributed by atoms with Gasteiger partial charge in [-0.3, -0.25) is 0 Å². The van der Waals surface area contributed by atoms with Crippen LogP contribution in [0.5, 0.6) is 0 Å². The zero-order valence-corrected chi connectivity index (χ0v) is 10.5. The van der Waals surface area contributed by atoms with Crippen LogP contribution >= 0.6 is 11.6 Å². The summed E-state index contributed by atoms with van der Waals surface area (Å²) in [6, 6.07) is 6.87. The largest absolute Gasteiger partial charge is 0.443 e. The molecule has 0 heterocycles. The van der Waals surface area contributed by atoms with Gasteiger partial charge in [0.15, 0.2) is 0 Å². The average Bonchev–Trinajstić information content (AvgIpc) is 2.25. The Morgan fingerprint density at radius 2 is 2.00 bits per heavy atom. The van der Waals surface area contributed by atoms with Gasteiger partial charge in [0.05, 0.1) is 0 Å². The number of hydrogen-bond acceptors (Lipinski definition) is 3. The fourth-order valence-electron chi connectivity index (χ4n) is 1.59. The number of halogens is 1. The highest BCUT2D eigenvalue weighted by Gasteiger charge is 2.28. The molecule has 94 valence electrons. The third-order valence-corrected chi connectivity index (χ3v) is 2.79. The number of carbonyl (C=O) groups excluding carboxylic acids is 1. The van der Waals surface area contributed by atoms with E-state index >= 15 is 0 Å². The van der Waals surface area contributed by atoms with Crippen molar-refractivity contribution in [2.24, 2.45) is 11.7 Å². The van der Waals surface area contributed by atoms with E-state index in [0.29, 0.717) is 10.6 Å². The number of amides is 1. The van der Waals surface area contributed by atoms with E-state index in [4.69, 9.17) is 22.1 Å². The van der Waals surface area contributed by atoms with Crippen molar-refractivity contribution in [1.82, 2.24) is 0 Å². The molecule has 0 saturated carbocycles. The van der Waals surface area contributed by atoms with Crippen molar-refractivity contribution in [3.63, 3.8) is 0 Å². The molecule has 0 aliphatic carbocycles. The van der Waals surface area contributed by atoms with Crippen molar-refractivity contribution < 1.29 is 14.6 Å². The van der Waals surface area contributed by atoms with Gasteiger partial charge in [0.25, 0.3) is 0 Å². The highest BCUT2D eigenvalue weighted by molar-refractivity contribution is 6.31. The van der Waals surface area contributed by atoms with Crippen molar-refractivity contribution in [2.45, 2.75) is 26.1 Å². The Bertz CT molecular complexity index is 395. The predicted octanol–water partition coefficient (Wildman–Crippen LogP) is 2.49. The third-order valence-electron chi connectivity index (χ3n) is 2.44. The van der Waals surface area contributed by atoms with Gasteiger partial charge in [-0.15, -0.1) is 0 Å². The highest BCUT2D eigenvalue weighted by atomic mass is 35.5. The molecule has 0 aromatic heterocycles. The van der Waals surface area contributed by atoms with Crippen molar-refractivity contribution in [2.75, 3.05) is 0 Å². The summed E-state index contributed by atoms with van der Waals surface area (Å²) < 4.78 is 4.91. The normalized spacial score (nSPS) is 14.4. The lowest BCUT2D eigenvalue weighted by molar-refractivity contribution is -0.0196. The van der Waals surface area contributed by atoms with Crippen LogP contribution in [0.4, 0.5) is 4.79 Å².